The molecule has 0 radical (unpaired) electrons. The molecule has 2 amide bonds. The lowest BCUT2D eigenvalue weighted by molar-refractivity contribution is -0.141. The Balaban J connectivity index is 2.24. The van der Waals surface area contributed by atoms with Crippen LogP contribution in [0.2, 0.25) is 0 Å². The van der Waals surface area contributed by atoms with Gasteiger partial charge in [0.25, 0.3) is 0 Å². The lowest BCUT2D eigenvalue weighted by atomic mass is 10.1. The number of rotatable bonds is 12. The van der Waals surface area contributed by atoms with E-state index in [2.05, 4.69) is 5.32 Å². The fraction of sp³-hybridized carbons (Fsp3) is 0.462. The van der Waals surface area contributed by atoms with Crippen LogP contribution in [0.15, 0.2) is 48.5 Å². The first-order valence-electron chi connectivity index (χ1n) is 12.1. The number of amides is 2. The van der Waals surface area contributed by atoms with Crippen LogP contribution in [0.4, 0.5) is 18.9 Å². The summed E-state index contributed by atoms with van der Waals surface area (Å²) in [4.78, 5) is 27.5. The summed E-state index contributed by atoms with van der Waals surface area (Å²) in [6.45, 7) is 5.91. The minimum atomic E-state index is -4.63. The standard InChI is InChI=1S/C26H34F3N3O4S/c1-5-23(25(34)30-6-2)31(18-20-11-7-10-19(3)16-20)24(33)14-9-15-32(37(4,35)36)22-13-8-12-21(17-22)26(27,28)29/h7-8,10-13,16-17,23H,5-6,9,14-15,18H2,1-4H3,(H,30,34)/t23-/m1/s1. The van der Waals surface area contributed by atoms with Gasteiger partial charge in [-0.25, -0.2) is 8.42 Å². The van der Waals surface area contributed by atoms with Crippen molar-refractivity contribution < 1.29 is 31.2 Å². The third-order valence-electron chi connectivity index (χ3n) is 5.79. The van der Waals surface area contributed by atoms with Crippen molar-refractivity contribution in [2.45, 2.75) is 58.8 Å². The number of benzene rings is 2. The maximum atomic E-state index is 13.3. The van der Waals surface area contributed by atoms with Crippen molar-refractivity contribution in [3.05, 3.63) is 65.2 Å². The summed E-state index contributed by atoms with van der Waals surface area (Å²) in [5, 5.41) is 2.75. The Hall–Kier alpha value is -3.08. The third-order valence-corrected chi connectivity index (χ3v) is 6.98. The Labute approximate surface area is 216 Å². The number of likely N-dealkylation sites (N-methyl/N-ethyl adjacent to an activating group) is 1. The van der Waals surface area contributed by atoms with E-state index in [1.807, 2.05) is 31.2 Å². The van der Waals surface area contributed by atoms with Gasteiger partial charge in [0.15, 0.2) is 0 Å². The molecule has 204 valence electrons. The number of hydrogen-bond donors (Lipinski definition) is 1. The van der Waals surface area contributed by atoms with Crippen LogP contribution >= 0.6 is 0 Å². The lowest BCUT2D eigenvalue weighted by Crippen LogP contribution is -2.49. The number of anilines is 1. The number of hydrogen-bond acceptors (Lipinski definition) is 4. The summed E-state index contributed by atoms with van der Waals surface area (Å²) < 4.78 is 65.1. The van der Waals surface area contributed by atoms with Crippen molar-refractivity contribution in [2.24, 2.45) is 0 Å². The van der Waals surface area contributed by atoms with Crippen molar-refractivity contribution in [2.75, 3.05) is 23.7 Å². The molecule has 0 unspecified atom stereocenters. The average molecular weight is 542 g/mol. The highest BCUT2D eigenvalue weighted by Gasteiger charge is 2.32. The third kappa shape index (κ3) is 8.77. The molecule has 1 N–H and O–H groups in total. The zero-order valence-electron chi connectivity index (χ0n) is 21.5. The van der Waals surface area contributed by atoms with E-state index in [1.165, 1.54) is 11.0 Å². The number of halogens is 3. The molecule has 0 aromatic heterocycles. The number of aryl methyl sites for hydroxylation is 1. The molecule has 1 atom stereocenters. The van der Waals surface area contributed by atoms with E-state index in [0.29, 0.717) is 13.0 Å². The topological polar surface area (TPSA) is 86.8 Å². The molecule has 0 saturated carbocycles. The molecule has 0 saturated heterocycles. The van der Waals surface area contributed by atoms with Gasteiger partial charge < -0.3 is 10.2 Å². The van der Waals surface area contributed by atoms with Crippen molar-refractivity contribution in [3.63, 3.8) is 0 Å². The minimum absolute atomic E-state index is 0.0539. The Morgan fingerprint density at radius 1 is 1.05 bits per heavy atom. The van der Waals surface area contributed by atoms with E-state index in [0.717, 1.165) is 39.9 Å². The van der Waals surface area contributed by atoms with Gasteiger partial charge in [0.05, 0.1) is 17.5 Å². The molecule has 2 rings (SSSR count). The first kappa shape index (κ1) is 30.1. The molecule has 11 heteroatoms. The second-order valence-corrected chi connectivity index (χ2v) is 10.7. The van der Waals surface area contributed by atoms with Crippen LogP contribution < -0.4 is 9.62 Å². The van der Waals surface area contributed by atoms with E-state index in [-0.39, 0.29) is 43.4 Å². The Morgan fingerprint density at radius 3 is 2.30 bits per heavy atom. The number of sulfonamides is 1. The molecule has 7 nitrogen and oxygen atoms in total. The molecule has 37 heavy (non-hydrogen) atoms. The second kappa shape index (κ2) is 12.9. The SMILES string of the molecule is CCNC(=O)[C@@H](CC)N(Cc1cccc(C)c1)C(=O)CCCN(c1cccc(C(F)(F)F)c1)S(C)(=O)=O. The molecular weight excluding hydrogens is 507 g/mol. The maximum absolute atomic E-state index is 13.3. The summed E-state index contributed by atoms with van der Waals surface area (Å²) in [6, 6.07) is 10.9. The molecule has 0 fully saturated rings. The van der Waals surface area contributed by atoms with Crippen molar-refractivity contribution in [1.82, 2.24) is 10.2 Å². The zero-order valence-corrected chi connectivity index (χ0v) is 22.3. The lowest BCUT2D eigenvalue weighted by Gasteiger charge is -2.31. The predicted octanol–water partition coefficient (Wildman–Crippen LogP) is 4.50. The molecule has 0 spiro atoms. The molecule has 2 aromatic carbocycles. The molecule has 0 aliphatic heterocycles. The van der Waals surface area contributed by atoms with Crippen LogP contribution in [0, 0.1) is 6.92 Å². The van der Waals surface area contributed by atoms with Gasteiger partial charge in [-0.05, 0) is 50.5 Å². The fourth-order valence-corrected chi connectivity index (χ4v) is 5.02. The van der Waals surface area contributed by atoms with Crippen LogP contribution in [0.25, 0.3) is 0 Å². The van der Waals surface area contributed by atoms with E-state index >= 15 is 0 Å². The first-order valence-corrected chi connectivity index (χ1v) is 13.9. The highest BCUT2D eigenvalue weighted by molar-refractivity contribution is 7.92. The van der Waals surface area contributed by atoms with Crippen LogP contribution in [0.3, 0.4) is 0 Å². The highest BCUT2D eigenvalue weighted by Crippen LogP contribution is 2.32. The fourth-order valence-electron chi connectivity index (χ4n) is 4.06. The molecule has 0 aliphatic rings. The second-order valence-electron chi connectivity index (χ2n) is 8.82. The van der Waals surface area contributed by atoms with E-state index in [4.69, 9.17) is 0 Å². The largest absolute Gasteiger partial charge is 0.416 e. The zero-order chi connectivity index (χ0) is 27.8. The summed E-state index contributed by atoms with van der Waals surface area (Å²) in [7, 11) is -3.92. The molecule has 0 aliphatic carbocycles. The predicted molar refractivity (Wildman–Crippen MR) is 137 cm³/mol. The number of alkyl halides is 3. The number of nitrogens with zero attached hydrogens (tertiary/aromatic N) is 2. The van der Waals surface area contributed by atoms with Crippen molar-refractivity contribution in [1.29, 1.82) is 0 Å². The van der Waals surface area contributed by atoms with Gasteiger partial charge in [-0.15, -0.1) is 0 Å². The highest BCUT2D eigenvalue weighted by atomic mass is 32.2. The maximum Gasteiger partial charge on any atom is 0.416 e. The summed E-state index contributed by atoms with van der Waals surface area (Å²) >= 11 is 0. The van der Waals surface area contributed by atoms with Gasteiger partial charge in [0.2, 0.25) is 21.8 Å². The van der Waals surface area contributed by atoms with E-state index < -0.39 is 27.8 Å². The first-order chi connectivity index (χ1) is 17.3. The smallest absolute Gasteiger partial charge is 0.355 e. The Bertz CT molecular complexity index is 1190. The van der Waals surface area contributed by atoms with Crippen LogP contribution in [0.5, 0.6) is 0 Å². The van der Waals surface area contributed by atoms with Gasteiger partial charge in [-0.1, -0.05) is 42.8 Å². The monoisotopic (exact) mass is 541 g/mol. The molecule has 2 aromatic rings. The van der Waals surface area contributed by atoms with Gasteiger partial charge in [0.1, 0.15) is 6.04 Å². The number of carbonyl (C=O) groups excluding carboxylic acids is 2. The Kier molecular flexibility index (Phi) is 10.5. The van der Waals surface area contributed by atoms with Crippen molar-refractivity contribution in [3.8, 4) is 0 Å². The van der Waals surface area contributed by atoms with Crippen LogP contribution in [-0.2, 0) is 32.3 Å². The van der Waals surface area contributed by atoms with Crippen molar-refractivity contribution >= 4 is 27.5 Å². The van der Waals surface area contributed by atoms with Gasteiger partial charge in [-0.3, -0.25) is 13.9 Å². The summed E-state index contributed by atoms with van der Waals surface area (Å²) in [5.74, 6) is -0.634. The van der Waals surface area contributed by atoms with Crippen LogP contribution in [-0.4, -0.2) is 50.5 Å². The molecule has 0 heterocycles. The van der Waals surface area contributed by atoms with Crippen LogP contribution in [0.1, 0.15) is 49.8 Å². The Morgan fingerprint density at radius 2 is 1.73 bits per heavy atom. The summed E-state index contributed by atoms with van der Waals surface area (Å²) in [6.07, 6.45) is -3.38. The van der Waals surface area contributed by atoms with Gasteiger partial charge in [0, 0.05) is 26.1 Å². The summed E-state index contributed by atoms with van der Waals surface area (Å²) in [5.41, 5.74) is 0.751. The molecular formula is C26H34F3N3O4S. The quantitative estimate of drug-likeness (QED) is 0.429. The average Bonchev–Trinajstić information content (AvgIpc) is 2.80. The number of nitrogens with one attached hydrogen (secondary N) is 1. The minimum Gasteiger partial charge on any atom is -0.355 e. The normalized spacial score (nSPS) is 12.6. The molecule has 0 bridgehead atoms. The van der Waals surface area contributed by atoms with Gasteiger partial charge in [-0.2, -0.15) is 13.2 Å². The van der Waals surface area contributed by atoms with Gasteiger partial charge >= 0.3 is 6.18 Å². The van der Waals surface area contributed by atoms with E-state index in [1.54, 1.807) is 13.8 Å². The number of carbonyl (C=O) groups is 2. The van der Waals surface area contributed by atoms with E-state index in [9.17, 15) is 31.2 Å².